The molecule has 24 heavy (non-hydrogen) atoms. The Hall–Kier alpha value is -2.49. The van der Waals surface area contributed by atoms with Crippen molar-refractivity contribution in [2.45, 2.75) is 65.2 Å². The van der Waals surface area contributed by atoms with Crippen LogP contribution >= 0.6 is 0 Å². The number of nitriles is 1. The first-order chi connectivity index (χ1) is 10.9. The number of nitrogens with one attached hydrogen (secondary N) is 1. The maximum atomic E-state index is 12.4. The number of esters is 1. The predicted octanol–water partition coefficient (Wildman–Crippen LogP) is 2.93. The number of carbonyl (C=O) groups excluding carboxylic acids is 2. The predicted molar refractivity (Wildman–Crippen MR) is 86.1 cm³/mol. The number of alkyl carbamates (subject to hydrolysis) is 1. The van der Waals surface area contributed by atoms with E-state index < -0.39 is 29.3 Å². The van der Waals surface area contributed by atoms with E-state index in [1.54, 1.807) is 41.5 Å². The third-order valence-corrected chi connectivity index (χ3v) is 2.59. The minimum Gasteiger partial charge on any atom is -0.458 e. The number of ether oxygens (including phenoxy) is 2. The Bertz CT molecular complexity index is 629. The Kier molecular flexibility index (Phi) is 6.02. The number of nitrogens with zero attached hydrogens (tertiary/aromatic N) is 1. The van der Waals surface area contributed by atoms with E-state index in [4.69, 9.17) is 19.2 Å². The molecule has 1 amide bonds. The first-order valence-corrected chi connectivity index (χ1v) is 7.59. The quantitative estimate of drug-likeness (QED) is 0.848. The van der Waals surface area contributed by atoms with E-state index >= 15 is 0 Å². The minimum atomic E-state index is -0.955. The molecule has 0 bridgehead atoms. The molecule has 0 aliphatic heterocycles. The van der Waals surface area contributed by atoms with Crippen LogP contribution in [0, 0.1) is 11.3 Å². The number of amides is 1. The average molecular weight is 336 g/mol. The molecule has 1 N–H and O–H groups in total. The van der Waals surface area contributed by atoms with E-state index in [1.807, 2.05) is 6.07 Å². The zero-order valence-corrected chi connectivity index (χ0v) is 14.9. The molecule has 0 unspecified atom stereocenters. The van der Waals surface area contributed by atoms with Gasteiger partial charge in [-0.2, -0.15) is 5.26 Å². The summed E-state index contributed by atoms with van der Waals surface area (Å²) in [4.78, 5) is 24.3. The maximum Gasteiger partial charge on any atom is 0.408 e. The smallest absolute Gasteiger partial charge is 0.408 e. The lowest BCUT2D eigenvalue weighted by Gasteiger charge is -2.26. The Morgan fingerprint density at radius 3 is 2.25 bits per heavy atom. The summed E-state index contributed by atoms with van der Waals surface area (Å²) in [7, 11) is 0. The SMILES string of the molecule is CC(C)(C)OC(=O)N[C@@H](Cc1coc(C#N)c1)C(=O)OC(C)(C)C. The minimum absolute atomic E-state index is 0.124. The fourth-order valence-electron chi connectivity index (χ4n) is 1.79. The first-order valence-electron chi connectivity index (χ1n) is 7.59. The van der Waals surface area contributed by atoms with Gasteiger partial charge in [0.25, 0.3) is 0 Å². The molecule has 0 aliphatic rings. The van der Waals surface area contributed by atoms with Crippen LogP contribution in [0.25, 0.3) is 0 Å². The zero-order chi connectivity index (χ0) is 18.5. The summed E-state index contributed by atoms with van der Waals surface area (Å²) in [6.45, 7) is 10.4. The molecule has 0 saturated carbocycles. The van der Waals surface area contributed by atoms with Gasteiger partial charge in [-0.25, -0.2) is 9.59 Å². The van der Waals surface area contributed by atoms with Gasteiger partial charge in [0.05, 0.1) is 6.26 Å². The molecule has 0 aromatic carbocycles. The Morgan fingerprint density at radius 1 is 1.21 bits per heavy atom. The fourth-order valence-corrected chi connectivity index (χ4v) is 1.79. The molecule has 132 valence electrons. The maximum absolute atomic E-state index is 12.4. The van der Waals surface area contributed by atoms with Gasteiger partial charge in [0.2, 0.25) is 5.76 Å². The van der Waals surface area contributed by atoms with Crippen molar-refractivity contribution in [3.05, 3.63) is 23.7 Å². The summed E-state index contributed by atoms with van der Waals surface area (Å²) in [6.07, 6.45) is 0.772. The van der Waals surface area contributed by atoms with Crippen molar-refractivity contribution in [3.63, 3.8) is 0 Å². The summed E-state index contributed by atoms with van der Waals surface area (Å²) in [5.74, 6) is -0.460. The number of rotatable bonds is 4. The number of furan rings is 1. The van der Waals surface area contributed by atoms with E-state index in [0.717, 1.165) is 0 Å². The van der Waals surface area contributed by atoms with Crippen LogP contribution < -0.4 is 5.32 Å². The second kappa shape index (κ2) is 7.39. The third-order valence-electron chi connectivity index (χ3n) is 2.59. The highest BCUT2D eigenvalue weighted by molar-refractivity contribution is 5.82. The molecule has 1 aromatic rings. The molecule has 0 radical (unpaired) electrons. The number of hydrogen-bond acceptors (Lipinski definition) is 6. The van der Waals surface area contributed by atoms with Crippen LogP contribution in [0.2, 0.25) is 0 Å². The lowest BCUT2D eigenvalue weighted by atomic mass is 10.1. The molecule has 7 heteroatoms. The molecule has 1 heterocycles. The van der Waals surface area contributed by atoms with Gasteiger partial charge in [-0.05, 0) is 53.2 Å². The van der Waals surface area contributed by atoms with Gasteiger partial charge in [-0.3, -0.25) is 0 Å². The van der Waals surface area contributed by atoms with Crippen molar-refractivity contribution in [3.8, 4) is 6.07 Å². The summed E-state index contributed by atoms with van der Waals surface area (Å²) in [5, 5.41) is 11.3. The van der Waals surface area contributed by atoms with E-state index in [2.05, 4.69) is 5.32 Å². The lowest BCUT2D eigenvalue weighted by molar-refractivity contribution is -0.157. The molecule has 0 saturated heterocycles. The van der Waals surface area contributed by atoms with E-state index in [0.29, 0.717) is 5.56 Å². The Morgan fingerprint density at radius 2 is 1.79 bits per heavy atom. The summed E-state index contributed by atoms with van der Waals surface area (Å²) in [6, 6.07) is 2.42. The van der Waals surface area contributed by atoms with Crippen LogP contribution in [0.5, 0.6) is 0 Å². The molecule has 1 aromatic heterocycles. The summed E-state index contributed by atoms with van der Waals surface area (Å²) in [5.41, 5.74) is -0.788. The van der Waals surface area contributed by atoms with Gasteiger partial charge in [-0.15, -0.1) is 0 Å². The van der Waals surface area contributed by atoms with Gasteiger partial charge < -0.3 is 19.2 Å². The summed E-state index contributed by atoms with van der Waals surface area (Å²) >= 11 is 0. The fraction of sp³-hybridized carbons (Fsp3) is 0.588. The van der Waals surface area contributed by atoms with Crippen molar-refractivity contribution in [1.82, 2.24) is 5.32 Å². The van der Waals surface area contributed by atoms with Gasteiger partial charge in [0, 0.05) is 6.42 Å². The average Bonchev–Trinajstić information content (AvgIpc) is 2.81. The van der Waals surface area contributed by atoms with E-state index in [-0.39, 0.29) is 12.2 Å². The van der Waals surface area contributed by atoms with Crippen molar-refractivity contribution in [1.29, 1.82) is 5.26 Å². The second-order valence-corrected chi connectivity index (χ2v) is 7.37. The highest BCUT2D eigenvalue weighted by Crippen LogP contribution is 2.14. The van der Waals surface area contributed by atoms with Crippen molar-refractivity contribution < 1.29 is 23.5 Å². The number of carbonyl (C=O) groups is 2. The second-order valence-electron chi connectivity index (χ2n) is 7.37. The van der Waals surface area contributed by atoms with Gasteiger partial charge in [0.1, 0.15) is 23.3 Å². The largest absolute Gasteiger partial charge is 0.458 e. The molecule has 0 spiro atoms. The molecular formula is C17H24N2O5. The van der Waals surface area contributed by atoms with Crippen LogP contribution in [-0.2, 0) is 20.7 Å². The zero-order valence-electron chi connectivity index (χ0n) is 14.9. The third kappa shape index (κ3) is 7.18. The summed E-state index contributed by atoms with van der Waals surface area (Å²) < 4.78 is 15.5. The van der Waals surface area contributed by atoms with Crippen molar-refractivity contribution in [2.75, 3.05) is 0 Å². The molecule has 1 rings (SSSR count). The van der Waals surface area contributed by atoms with Crippen molar-refractivity contribution in [2.24, 2.45) is 0 Å². The van der Waals surface area contributed by atoms with Crippen LogP contribution in [0.15, 0.2) is 16.7 Å². The van der Waals surface area contributed by atoms with Gasteiger partial charge in [-0.1, -0.05) is 0 Å². The standard InChI is InChI=1S/C17H24N2O5/c1-16(2,3)23-14(20)13(19-15(21)24-17(4,5)6)8-11-7-12(9-18)22-10-11/h7,10,13H,8H2,1-6H3,(H,19,21)/t13-/m0/s1. The Balaban J connectivity index is 2.88. The van der Waals surface area contributed by atoms with Crippen molar-refractivity contribution >= 4 is 12.1 Å². The Labute approximate surface area is 141 Å². The first kappa shape index (κ1) is 19.6. The lowest BCUT2D eigenvalue weighted by Crippen LogP contribution is -2.47. The highest BCUT2D eigenvalue weighted by atomic mass is 16.6. The van der Waals surface area contributed by atoms with E-state index in [1.165, 1.54) is 12.3 Å². The molecular weight excluding hydrogens is 312 g/mol. The molecule has 0 fully saturated rings. The highest BCUT2D eigenvalue weighted by Gasteiger charge is 2.29. The van der Waals surface area contributed by atoms with Crippen LogP contribution in [-0.4, -0.2) is 29.3 Å². The van der Waals surface area contributed by atoms with Gasteiger partial charge >= 0.3 is 12.1 Å². The van der Waals surface area contributed by atoms with Gasteiger partial charge in [0.15, 0.2) is 0 Å². The monoisotopic (exact) mass is 336 g/mol. The molecule has 7 nitrogen and oxygen atoms in total. The number of hydrogen-bond donors (Lipinski definition) is 1. The van der Waals surface area contributed by atoms with Crippen LogP contribution in [0.3, 0.4) is 0 Å². The van der Waals surface area contributed by atoms with Crippen LogP contribution in [0.1, 0.15) is 52.9 Å². The topological polar surface area (TPSA) is 102 Å². The van der Waals surface area contributed by atoms with Crippen LogP contribution in [0.4, 0.5) is 4.79 Å². The van der Waals surface area contributed by atoms with E-state index in [9.17, 15) is 9.59 Å². The molecule has 0 aliphatic carbocycles. The molecule has 1 atom stereocenters. The normalized spacial score (nSPS) is 12.9.